The first-order valence-corrected chi connectivity index (χ1v) is 11.4. The van der Waals surface area contributed by atoms with Crippen molar-refractivity contribution < 1.29 is 23.4 Å². The first-order valence-electron chi connectivity index (χ1n) is 11.4. The molecule has 1 N–H and O–H groups in total. The molecular formula is C24H24F2N6O3. The van der Waals surface area contributed by atoms with E-state index in [1.165, 1.54) is 17.0 Å². The van der Waals surface area contributed by atoms with Crippen LogP contribution in [0.15, 0.2) is 36.8 Å². The first-order chi connectivity index (χ1) is 16.9. The number of fused-ring (bicyclic) bond motifs is 1. The minimum absolute atomic E-state index is 0.153. The molecule has 0 bridgehead atoms. The smallest absolute Gasteiger partial charge is 0.407 e. The molecule has 0 saturated carbocycles. The van der Waals surface area contributed by atoms with Gasteiger partial charge >= 0.3 is 6.09 Å². The van der Waals surface area contributed by atoms with E-state index in [4.69, 9.17) is 9.84 Å². The van der Waals surface area contributed by atoms with Crippen molar-refractivity contribution in [2.24, 2.45) is 5.92 Å². The van der Waals surface area contributed by atoms with Gasteiger partial charge in [-0.25, -0.2) is 29.1 Å². The van der Waals surface area contributed by atoms with Gasteiger partial charge in [-0.3, -0.25) is 0 Å². The summed E-state index contributed by atoms with van der Waals surface area (Å²) in [4.78, 5) is 31.6. The molecular weight excluding hydrogens is 458 g/mol. The number of aromatic nitrogens is 4. The van der Waals surface area contributed by atoms with Crippen LogP contribution in [-0.4, -0.2) is 62.3 Å². The molecule has 1 aromatic carbocycles. The number of amides is 1. The summed E-state index contributed by atoms with van der Waals surface area (Å²) in [6.07, 6.45) is 5.22. The Kier molecular flexibility index (Phi) is 6.14. The quantitative estimate of drug-likeness (QED) is 0.567. The number of nitrogens with zero attached hydrogens (tertiary/aromatic N) is 6. The summed E-state index contributed by atoms with van der Waals surface area (Å²) in [7, 11) is 0. The summed E-state index contributed by atoms with van der Waals surface area (Å²) >= 11 is 0. The minimum atomic E-state index is -1.03. The molecule has 1 unspecified atom stereocenters. The molecule has 2 aromatic heterocycles. The molecule has 11 heteroatoms. The second-order valence-electron chi connectivity index (χ2n) is 8.72. The third kappa shape index (κ3) is 4.58. The fraction of sp³-hybridized carbons (Fsp3) is 0.375. The summed E-state index contributed by atoms with van der Waals surface area (Å²) in [5, 5.41) is 8.91. The summed E-state index contributed by atoms with van der Waals surface area (Å²) in [5.41, 5.74) is 2.28. The average molecular weight is 482 g/mol. The maximum Gasteiger partial charge on any atom is 0.407 e. The summed E-state index contributed by atoms with van der Waals surface area (Å²) in [6, 6.07) is 4.24. The Morgan fingerprint density at radius 1 is 1.17 bits per heavy atom. The molecule has 1 saturated heterocycles. The molecule has 0 radical (unpaired) electrons. The zero-order valence-electron chi connectivity index (χ0n) is 19.1. The highest BCUT2D eigenvalue weighted by Crippen LogP contribution is 2.36. The van der Waals surface area contributed by atoms with Gasteiger partial charge in [0.1, 0.15) is 0 Å². The Balaban J connectivity index is 1.29. The topological polar surface area (TPSA) is 105 Å². The number of benzene rings is 1. The van der Waals surface area contributed by atoms with Crippen LogP contribution in [0.25, 0.3) is 11.6 Å². The van der Waals surface area contributed by atoms with Crippen LogP contribution >= 0.6 is 0 Å². The van der Waals surface area contributed by atoms with Crippen LogP contribution in [0.2, 0.25) is 0 Å². The maximum absolute atomic E-state index is 14.5. The number of halogens is 2. The van der Waals surface area contributed by atoms with E-state index in [0.29, 0.717) is 49.8 Å². The average Bonchev–Trinajstić information content (AvgIpc) is 2.83. The molecule has 1 fully saturated rings. The molecule has 35 heavy (non-hydrogen) atoms. The highest BCUT2D eigenvalue weighted by molar-refractivity contribution is 5.66. The van der Waals surface area contributed by atoms with Gasteiger partial charge in [-0.15, -0.1) is 0 Å². The molecule has 1 atom stereocenters. The van der Waals surface area contributed by atoms with Crippen molar-refractivity contribution in [1.29, 1.82) is 0 Å². The van der Waals surface area contributed by atoms with Crippen molar-refractivity contribution in [2.75, 3.05) is 31.1 Å². The standard InChI is InChI=1S/C24H24F2N6O3/c1-14-17-11-29-23(22-27-5-2-6-28-22)30-19(17)3-7-32(14)16-9-18(25)21(26)20(10-16)35-8-4-15-12-31(13-15)24(33)34/h2,5-6,9-11,14-15H,3-4,7-8,12-13H2,1H3,(H,33,34). The Morgan fingerprint density at radius 3 is 2.69 bits per heavy atom. The number of hydrogen-bond donors (Lipinski definition) is 1. The molecule has 2 aliphatic rings. The molecule has 2 aliphatic heterocycles. The Hall–Kier alpha value is -3.89. The van der Waals surface area contributed by atoms with Crippen LogP contribution in [0.5, 0.6) is 5.75 Å². The Labute approximate surface area is 200 Å². The second kappa shape index (κ2) is 9.40. The van der Waals surface area contributed by atoms with Gasteiger partial charge in [-0.2, -0.15) is 4.39 Å². The second-order valence-corrected chi connectivity index (χ2v) is 8.72. The van der Waals surface area contributed by atoms with E-state index in [9.17, 15) is 13.6 Å². The van der Waals surface area contributed by atoms with Crippen LogP contribution in [0.3, 0.4) is 0 Å². The SMILES string of the molecule is CC1c2cnc(-c3ncccn3)nc2CCN1c1cc(F)c(F)c(OCCC2CN(C(=O)O)C2)c1. The van der Waals surface area contributed by atoms with E-state index in [-0.39, 0.29) is 24.3 Å². The summed E-state index contributed by atoms with van der Waals surface area (Å²) in [6.45, 7) is 3.56. The monoisotopic (exact) mass is 482 g/mol. The van der Waals surface area contributed by atoms with E-state index in [1.54, 1.807) is 24.7 Å². The van der Waals surface area contributed by atoms with Crippen molar-refractivity contribution >= 4 is 11.8 Å². The van der Waals surface area contributed by atoms with Crippen molar-refractivity contribution in [3.05, 3.63) is 59.7 Å². The lowest BCUT2D eigenvalue weighted by Crippen LogP contribution is -2.49. The summed E-state index contributed by atoms with van der Waals surface area (Å²) in [5.74, 6) is -1.11. The Bertz CT molecular complexity index is 1240. The lowest BCUT2D eigenvalue weighted by atomic mass is 9.97. The highest BCUT2D eigenvalue weighted by atomic mass is 19.2. The molecule has 9 nitrogen and oxygen atoms in total. The van der Waals surface area contributed by atoms with E-state index >= 15 is 0 Å². The van der Waals surface area contributed by atoms with E-state index in [2.05, 4.69) is 19.9 Å². The van der Waals surface area contributed by atoms with Crippen LogP contribution in [0, 0.1) is 17.6 Å². The van der Waals surface area contributed by atoms with E-state index < -0.39 is 17.7 Å². The molecule has 0 spiro atoms. The van der Waals surface area contributed by atoms with E-state index in [1.807, 2.05) is 11.8 Å². The molecule has 5 rings (SSSR count). The van der Waals surface area contributed by atoms with Gasteiger partial charge in [0.15, 0.2) is 23.2 Å². The zero-order valence-corrected chi connectivity index (χ0v) is 19.1. The number of likely N-dealkylation sites (tertiary alicyclic amines) is 1. The molecule has 3 aromatic rings. The van der Waals surface area contributed by atoms with Crippen molar-refractivity contribution in [3.63, 3.8) is 0 Å². The van der Waals surface area contributed by atoms with Gasteiger partial charge < -0.3 is 19.6 Å². The van der Waals surface area contributed by atoms with Crippen molar-refractivity contribution in [3.8, 4) is 17.4 Å². The van der Waals surface area contributed by atoms with E-state index in [0.717, 1.165) is 11.3 Å². The molecule has 182 valence electrons. The summed E-state index contributed by atoms with van der Waals surface area (Å²) < 4.78 is 34.5. The molecule has 0 aliphatic carbocycles. The minimum Gasteiger partial charge on any atom is -0.490 e. The van der Waals surface area contributed by atoms with Crippen LogP contribution in [0.1, 0.15) is 30.6 Å². The normalized spacial score (nSPS) is 17.6. The number of rotatable bonds is 6. The largest absolute Gasteiger partial charge is 0.490 e. The number of hydrogen-bond acceptors (Lipinski definition) is 7. The van der Waals surface area contributed by atoms with Gasteiger partial charge in [-0.05, 0) is 25.3 Å². The number of anilines is 1. The van der Waals surface area contributed by atoms with Crippen molar-refractivity contribution in [1.82, 2.24) is 24.8 Å². The van der Waals surface area contributed by atoms with Crippen LogP contribution in [-0.2, 0) is 6.42 Å². The van der Waals surface area contributed by atoms with Gasteiger partial charge in [-0.1, -0.05) is 0 Å². The fourth-order valence-corrected chi connectivity index (χ4v) is 4.50. The predicted molar refractivity (Wildman–Crippen MR) is 122 cm³/mol. The first kappa shape index (κ1) is 22.9. The van der Waals surface area contributed by atoms with Gasteiger partial charge in [0, 0.05) is 68.0 Å². The molecule has 4 heterocycles. The molecule has 1 amide bonds. The van der Waals surface area contributed by atoms with Crippen molar-refractivity contribution in [2.45, 2.75) is 25.8 Å². The zero-order chi connectivity index (χ0) is 24.5. The fourth-order valence-electron chi connectivity index (χ4n) is 4.50. The predicted octanol–water partition coefficient (Wildman–Crippen LogP) is 3.71. The third-order valence-corrected chi connectivity index (χ3v) is 6.50. The Morgan fingerprint density at radius 2 is 1.94 bits per heavy atom. The van der Waals surface area contributed by atoms with Crippen LogP contribution in [0.4, 0.5) is 19.3 Å². The van der Waals surface area contributed by atoms with Gasteiger partial charge in [0.05, 0.1) is 18.3 Å². The maximum atomic E-state index is 14.5. The van der Waals surface area contributed by atoms with Crippen LogP contribution < -0.4 is 9.64 Å². The van der Waals surface area contributed by atoms with Gasteiger partial charge in [0.2, 0.25) is 5.82 Å². The van der Waals surface area contributed by atoms with Gasteiger partial charge in [0.25, 0.3) is 0 Å². The third-order valence-electron chi connectivity index (χ3n) is 6.50. The number of carboxylic acid groups (broad SMARTS) is 1. The highest BCUT2D eigenvalue weighted by Gasteiger charge is 2.31. The lowest BCUT2D eigenvalue weighted by molar-refractivity contribution is 0.0713. The number of carbonyl (C=O) groups is 1. The lowest BCUT2D eigenvalue weighted by Gasteiger charge is -2.37. The number of ether oxygens (including phenoxy) is 1.